The Hall–Kier alpha value is -2.53. The van der Waals surface area contributed by atoms with E-state index in [0.717, 1.165) is 36.3 Å². The van der Waals surface area contributed by atoms with Crippen LogP contribution >= 0.6 is 0 Å². The van der Waals surface area contributed by atoms with E-state index in [9.17, 15) is 9.90 Å². The molecule has 1 aliphatic rings. The molecule has 3 rings (SSSR count). The van der Waals surface area contributed by atoms with E-state index in [1.54, 1.807) is 12.0 Å². The number of carbonyl (C=O) groups is 1. The second-order valence-corrected chi connectivity index (χ2v) is 6.36. The minimum atomic E-state index is -0.427. The maximum absolute atomic E-state index is 12.4. The van der Waals surface area contributed by atoms with Crippen molar-refractivity contribution < 1.29 is 14.6 Å². The minimum absolute atomic E-state index is 0.172. The van der Waals surface area contributed by atoms with Crippen molar-refractivity contribution in [2.45, 2.75) is 25.4 Å². The van der Waals surface area contributed by atoms with Gasteiger partial charge in [0.05, 0.1) is 13.2 Å². The Morgan fingerprint density at radius 3 is 2.80 bits per heavy atom. The van der Waals surface area contributed by atoms with Gasteiger partial charge in [-0.05, 0) is 36.6 Å². The summed E-state index contributed by atoms with van der Waals surface area (Å²) in [6, 6.07) is 15.6. The lowest BCUT2D eigenvalue weighted by atomic mass is 10.0. The van der Waals surface area contributed by atoms with Crippen molar-refractivity contribution in [3.63, 3.8) is 0 Å². The summed E-state index contributed by atoms with van der Waals surface area (Å²) in [7, 11) is 1.65. The lowest BCUT2D eigenvalue weighted by Gasteiger charge is -2.30. The average molecular weight is 340 g/mol. The number of hydrogen-bond acceptors (Lipinski definition) is 3. The van der Waals surface area contributed by atoms with E-state index in [4.69, 9.17) is 4.74 Å². The number of amides is 2. The van der Waals surface area contributed by atoms with Gasteiger partial charge in [0.2, 0.25) is 0 Å². The second kappa shape index (κ2) is 8.03. The fourth-order valence-electron chi connectivity index (χ4n) is 3.15. The number of nitrogens with zero attached hydrogens (tertiary/aromatic N) is 1. The number of anilines is 1. The number of rotatable bonds is 4. The average Bonchev–Trinajstić information content (AvgIpc) is 2.63. The van der Waals surface area contributed by atoms with Crippen LogP contribution in [0.2, 0.25) is 0 Å². The first-order chi connectivity index (χ1) is 12.2. The summed E-state index contributed by atoms with van der Waals surface area (Å²) in [6.45, 7) is 1.06. The summed E-state index contributed by atoms with van der Waals surface area (Å²) < 4.78 is 5.45. The molecule has 1 heterocycles. The molecule has 1 unspecified atom stereocenters. The number of methoxy groups -OCH3 is 1. The molecule has 25 heavy (non-hydrogen) atoms. The van der Waals surface area contributed by atoms with Crippen LogP contribution < -0.4 is 10.1 Å². The number of β-amino-alcohol motifs (C(OH)–C–C–N with tert-alkyl or cyclic N) is 1. The monoisotopic (exact) mass is 340 g/mol. The summed E-state index contributed by atoms with van der Waals surface area (Å²) in [6.07, 6.45) is 1.89. The number of hydrogen-bond donors (Lipinski definition) is 2. The van der Waals surface area contributed by atoms with E-state index in [1.165, 1.54) is 5.56 Å². The lowest BCUT2D eigenvalue weighted by Crippen LogP contribution is -2.44. The summed E-state index contributed by atoms with van der Waals surface area (Å²) in [5, 5.41) is 12.7. The first-order valence-electron chi connectivity index (χ1n) is 8.60. The molecule has 1 aliphatic heterocycles. The molecule has 1 saturated heterocycles. The highest BCUT2D eigenvalue weighted by Crippen LogP contribution is 2.25. The van der Waals surface area contributed by atoms with Crippen molar-refractivity contribution in [2.75, 3.05) is 25.5 Å². The third-order valence-corrected chi connectivity index (χ3v) is 4.45. The Labute approximate surface area is 148 Å². The summed E-state index contributed by atoms with van der Waals surface area (Å²) in [5.41, 5.74) is 2.94. The van der Waals surface area contributed by atoms with Gasteiger partial charge in [-0.3, -0.25) is 0 Å². The highest BCUT2D eigenvalue weighted by Gasteiger charge is 2.22. The van der Waals surface area contributed by atoms with Gasteiger partial charge in [0.1, 0.15) is 5.75 Å². The molecule has 132 valence electrons. The van der Waals surface area contributed by atoms with Crippen LogP contribution in [-0.2, 0) is 6.42 Å². The Kier molecular flexibility index (Phi) is 5.56. The van der Waals surface area contributed by atoms with Crippen molar-refractivity contribution in [3.8, 4) is 5.75 Å². The topological polar surface area (TPSA) is 61.8 Å². The van der Waals surface area contributed by atoms with Crippen molar-refractivity contribution in [1.29, 1.82) is 0 Å². The van der Waals surface area contributed by atoms with Gasteiger partial charge in [-0.2, -0.15) is 0 Å². The van der Waals surface area contributed by atoms with Crippen molar-refractivity contribution in [2.24, 2.45) is 0 Å². The number of carbonyl (C=O) groups excluding carboxylic acids is 1. The largest absolute Gasteiger partial charge is 0.496 e. The van der Waals surface area contributed by atoms with Crippen LogP contribution in [0.15, 0.2) is 48.5 Å². The minimum Gasteiger partial charge on any atom is -0.496 e. The first kappa shape index (κ1) is 17.3. The molecule has 0 bridgehead atoms. The molecule has 0 saturated carbocycles. The van der Waals surface area contributed by atoms with E-state index in [1.807, 2.05) is 36.4 Å². The second-order valence-electron chi connectivity index (χ2n) is 6.36. The smallest absolute Gasteiger partial charge is 0.321 e. The summed E-state index contributed by atoms with van der Waals surface area (Å²) in [5.74, 6) is 0.801. The molecule has 1 fully saturated rings. The molecule has 2 N–H and O–H groups in total. The van der Waals surface area contributed by atoms with E-state index in [2.05, 4.69) is 17.4 Å². The fourth-order valence-corrected chi connectivity index (χ4v) is 3.15. The number of benzene rings is 2. The number of likely N-dealkylation sites (tertiary alicyclic amines) is 1. The van der Waals surface area contributed by atoms with Crippen LogP contribution in [0.25, 0.3) is 0 Å². The number of urea groups is 1. The maximum atomic E-state index is 12.4. The molecule has 2 amide bonds. The van der Waals surface area contributed by atoms with Gasteiger partial charge in [-0.15, -0.1) is 0 Å². The third-order valence-electron chi connectivity index (χ3n) is 4.45. The zero-order valence-corrected chi connectivity index (χ0v) is 14.4. The van der Waals surface area contributed by atoms with Gasteiger partial charge in [-0.25, -0.2) is 4.79 Å². The predicted octanol–water partition coefficient (Wildman–Crippen LogP) is 3.27. The summed E-state index contributed by atoms with van der Waals surface area (Å²) >= 11 is 0. The number of aliphatic hydroxyl groups is 1. The molecule has 0 aliphatic carbocycles. The van der Waals surface area contributed by atoms with Gasteiger partial charge in [0.15, 0.2) is 0 Å². The van der Waals surface area contributed by atoms with Crippen molar-refractivity contribution >= 4 is 11.7 Å². The molecular formula is C20H24N2O3. The molecule has 0 radical (unpaired) electrons. The Morgan fingerprint density at radius 2 is 2.08 bits per heavy atom. The van der Waals surface area contributed by atoms with Crippen LogP contribution in [-0.4, -0.2) is 42.3 Å². The van der Waals surface area contributed by atoms with E-state index in [-0.39, 0.29) is 6.03 Å². The van der Waals surface area contributed by atoms with Gasteiger partial charge < -0.3 is 20.1 Å². The molecule has 0 spiro atoms. The quantitative estimate of drug-likeness (QED) is 0.898. The van der Waals surface area contributed by atoms with Crippen LogP contribution in [0.3, 0.4) is 0 Å². The van der Waals surface area contributed by atoms with E-state index in [0.29, 0.717) is 13.1 Å². The van der Waals surface area contributed by atoms with Gasteiger partial charge in [-0.1, -0.05) is 30.3 Å². The highest BCUT2D eigenvalue weighted by molar-refractivity contribution is 5.89. The Balaban J connectivity index is 1.73. The number of piperidine rings is 1. The lowest BCUT2D eigenvalue weighted by molar-refractivity contribution is 0.0883. The third kappa shape index (κ3) is 4.51. The van der Waals surface area contributed by atoms with Gasteiger partial charge >= 0.3 is 6.03 Å². The fraction of sp³-hybridized carbons (Fsp3) is 0.350. The molecular weight excluding hydrogens is 316 g/mol. The molecule has 5 heteroatoms. The van der Waals surface area contributed by atoms with Crippen molar-refractivity contribution in [3.05, 3.63) is 59.7 Å². The highest BCUT2D eigenvalue weighted by atomic mass is 16.5. The van der Waals surface area contributed by atoms with Crippen LogP contribution in [0.1, 0.15) is 24.0 Å². The van der Waals surface area contributed by atoms with Crippen LogP contribution in [0.5, 0.6) is 5.75 Å². The van der Waals surface area contributed by atoms with Gasteiger partial charge in [0, 0.05) is 30.8 Å². The molecule has 1 atom stereocenters. The van der Waals surface area contributed by atoms with Crippen LogP contribution in [0.4, 0.5) is 10.5 Å². The normalized spacial score (nSPS) is 17.2. The SMILES string of the molecule is COc1ccc(NC(=O)N2CCCC(O)C2)cc1Cc1ccccc1. The van der Waals surface area contributed by atoms with E-state index < -0.39 is 6.10 Å². The van der Waals surface area contributed by atoms with Gasteiger partial charge in [0.25, 0.3) is 0 Å². The predicted molar refractivity (Wildman–Crippen MR) is 98.1 cm³/mol. The standard InChI is InChI=1S/C20H24N2O3/c1-25-19-10-9-17(13-16(19)12-15-6-3-2-4-7-15)21-20(24)22-11-5-8-18(23)14-22/h2-4,6-7,9-10,13,18,23H,5,8,11-12,14H2,1H3,(H,21,24). The Morgan fingerprint density at radius 1 is 1.28 bits per heavy atom. The molecule has 0 aromatic heterocycles. The Bertz CT molecular complexity index is 718. The number of ether oxygens (including phenoxy) is 1. The number of aliphatic hydroxyl groups excluding tert-OH is 1. The zero-order chi connectivity index (χ0) is 17.6. The first-order valence-corrected chi connectivity index (χ1v) is 8.60. The molecule has 2 aromatic carbocycles. The molecule has 5 nitrogen and oxygen atoms in total. The van der Waals surface area contributed by atoms with Crippen LogP contribution in [0, 0.1) is 0 Å². The van der Waals surface area contributed by atoms with E-state index >= 15 is 0 Å². The maximum Gasteiger partial charge on any atom is 0.321 e. The molecule has 2 aromatic rings. The summed E-state index contributed by atoms with van der Waals surface area (Å²) in [4.78, 5) is 14.1. The number of nitrogens with one attached hydrogen (secondary N) is 1. The van der Waals surface area contributed by atoms with Crippen molar-refractivity contribution in [1.82, 2.24) is 4.90 Å². The zero-order valence-electron chi connectivity index (χ0n) is 14.4.